The molecule has 0 radical (unpaired) electrons. The summed E-state index contributed by atoms with van der Waals surface area (Å²) >= 11 is 0. The highest BCUT2D eigenvalue weighted by Crippen LogP contribution is 2.39. The molecule has 156 valence electrons. The predicted molar refractivity (Wildman–Crippen MR) is 112 cm³/mol. The summed E-state index contributed by atoms with van der Waals surface area (Å²) < 4.78 is 18.0. The van der Waals surface area contributed by atoms with Gasteiger partial charge in [0.1, 0.15) is 0 Å². The summed E-state index contributed by atoms with van der Waals surface area (Å²) in [4.78, 5) is 15.3. The van der Waals surface area contributed by atoms with Crippen LogP contribution in [0, 0.1) is 0 Å². The van der Waals surface area contributed by atoms with Crippen molar-refractivity contribution in [1.29, 1.82) is 0 Å². The van der Waals surface area contributed by atoms with Gasteiger partial charge in [-0.1, -0.05) is 24.3 Å². The third kappa shape index (κ3) is 3.47. The molecule has 2 heterocycles. The molecule has 1 aromatic heterocycles. The van der Waals surface area contributed by atoms with Gasteiger partial charge in [0, 0.05) is 37.8 Å². The lowest BCUT2D eigenvalue weighted by atomic mass is 9.86. The SMILES string of the molecule is COc1cc(C(=O)N2Cc3ccccc3C(c3cnn(C)c3)C2)cc(OC)c1OC. The van der Waals surface area contributed by atoms with Crippen molar-refractivity contribution < 1.29 is 19.0 Å². The molecule has 0 fully saturated rings. The first-order chi connectivity index (χ1) is 14.5. The lowest BCUT2D eigenvalue weighted by Gasteiger charge is -2.34. The number of rotatable bonds is 5. The fraction of sp³-hybridized carbons (Fsp3) is 0.304. The zero-order chi connectivity index (χ0) is 21.3. The van der Waals surface area contributed by atoms with E-state index in [1.54, 1.807) is 38.1 Å². The first kappa shape index (κ1) is 19.8. The Labute approximate surface area is 175 Å². The van der Waals surface area contributed by atoms with Gasteiger partial charge in [-0.15, -0.1) is 0 Å². The molecule has 7 heteroatoms. The van der Waals surface area contributed by atoms with Gasteiger partial charge in [0.15, 0.2) is 11.5 Å². The van der Waals surface area contributed by atoms with Crippen LogP contribution < -0.4 is 14.2 Å². The normalized spacial score (nSPS) is 15.5. The van der Waals surface area contributed by atoms with Crippen LogP contribution in [0.3, 0.4) is 0 Å². The molecular formula is C23H25N3O4. The summed E-state index contributed by atoms with van der Waals surface area (Å²) in [6.07, 6.45) is 3.88. The Morgan fingerprint density at radius 2 is 1.77 bits per heavy atom. The van der Waals surface area contributed by atoms with Crippen molar-refractivity contribution in [2.75, 3.05) is 27.9 Å². The Morgan fingerprint density at radius 1 is 1.07 bits per heavy atom. The maximum absolute atomic E-state index is 13.5. The fourth-order valence-electron chi connectivity index (χ4n) is 4.05. The third-order valence-corrected chi connectivity index (χ3v) is 5.52. The average molecular weight is 407 g/mol. The van der Waals surface area contributed by atoms with E-state index >= 15 is 0 Å². The zero-order valence-corrected chi connectivity index (χ0v) is 17.6. The molecule has 0 saturated heterocycles. The standard InChI is InChI=1S/C23H25N3O4/c1-25-12-17(11-24-25)19-14-26(13-15-7-5-6-8-18(15)19)23(27)16-9-20(28-2)22(30-4)21(10-16)29-3/h5-12,19H,13-14H2,1-4H3. The second-order valence-corrected chi connectivity index (χ2v) is 7.30. The number of aryl methyl sites for hydroxylation is 1. The van der Waals surface area contributed by atoms with E-state index in [0.717, 1.165) is 11.1 Å². The van der Waals surface area contributed by atoms with Crippen molar-refractivity contribution in [3.8, 4) is 17.2 Å². The number of fused-ring (bicyclic) bond motifs is 1. The summed E-state index contributed by atoms with van der Waals surface area (Å²) in [5.41, 5.74) is 3.96. The maximum atomic E-state index is 13.5. The van der Waals surface area contributed by atoms with Crippen LogP contribution in [-0.4, -0.2) is 48.5 Å². The molecule has 30 heavy (non-hydrogen) atoms. The number of carbonyl (C=O) groups is 1. The molecule has 2 aromatic carbocycles. The molecule has 7 nitrogen and oxygen atoms in total. The summed E-state index contributed by atoms with van der Waals surface area (Å²) in [6, 6.07) is 11.7. The second kappa shape index (κ2) is 8.10. The number of hydrogen-bond acceptors (Lipinski definition) is 5. The predicted octanol–water partition coefficient (Wildman–Crippen LogP) is 3.23. The van der Waals surface area contributed by atoms with Gasteiger partial charge < -0.3 is 19.1 Å². The van der Waals surface area contributed by atoms with E-state index in [4.69, 9.17) is 14.2 Å². The number of benzene rings is 2. The first-order valence-electron chi connectivity index (χ1n) is 9.71. The molecule has 3 aromatic rings. The van der Waals surface area contributed by atoms with Crippen molar-refractivity contribution >= 4 is 5.91 Å². The van der Waals surface area contributed by atoms with Crippen LogP contribution in [0.5, 0.6) is 17.2 Å². The van der Waals surface area contributed by atoms with Crippen LogP contribution in [0.25, 0.3) is 0 Å². The largest absolute Gasteiger partial charge is 0.493 e. The molecule has 1 aliphatic heterocycles. The van der Waals surface area contributed by atoms with Crippen molar-refractivity contribution in [2.24, 2.45) is 7.05 Å². The van der Waals surface area contributed by atoms with E-state index in [2.05, 4.69) is 17.2 Å². The first-order valence-corrected chi connectivity index (χ1v) is 9.71. The number of ether oxygens (including phenoxy) is 3. The fourth-order valence-corrected chi connectivity index (χ4v) is 4.05. The highest BCUT2D eigenvalue weighted by Gasteiger charge is 2.31. The summed E-state index contributed by atoms with van der Waals surface area (Å²) in [7, 11) is 6.53. The number of nitrogens with zero attached hydrogens (tertiary/aromatic N) is 3. The van der Waals surface area contributed by atoms with Gasteiger partial charge in [-0.05, 0) is 28.8 Å². The number of aromatic nitrogens is 2. The van der Waals surface area contributed by atoms with Crippen LogP contribution in [-0.2, 0) is 13.6 Å². The Morgan fingerprint density at radius 3 is 2.37 bits per heavy atom. The van der Waals surface area contributed by atoms with E-state index < -0.39 is 0 Å². The zero-order valence-electron chi connectivity index (χ0n) is 17.6. The Kier molecular flexibility index (Phi) is 5.35. The van der Waals surface area contributed by atoms with Crippen LogP contribution in [0.2, 0.25) is 0 Å². The summed E-state index contributed by atoms with van der Waals surface area (Å²) in [5, 5.41) is 4.32. The lowest BCUT2D eigenvalue weighted by Crippen LogP contribution is -2.38. The van der Waals surface area contributed by atoms with E-state index in [-0.39, 0.29) is 11.8 Å². The molecule has 0 bridgehead atoms. The molecule has 1 amide bonds. The molecule has 0 spiro atoms. The topological polar surface area (TPSA) is 65.8 Å². The van der Waals surface area contributed by atoms with Gasteiger partial charge >= 0.3 is 0 Å². The van der Waals surface area contributed by atoms with E-state index in [0.29, 0.717) is 35.9 Å². The van der Waals surface area contributed by atoms with Gasteiger partial charge in [0.05, 0.1) is 27.5 Å². The van der Waals surface area contributed by atoms with Crippen LogP contribution in [0.15, 0.2) is 48.8 Å². The smallest absolute Gasteiger partial charge is 0.254 e. The Bertz CT molecular complexity index is 1050. The lowest BCUT2D eigenvalue weighted by molar-refractivity contribution is 0.0724. The average Bonchev–Trinajstić information content (AvgIpc) is 3.22. The molecule has 0 saturated carbocycles. The minimum atomic E-state index is -0.0855. The molecule has 0 N–H and O–H groups in total. The van der Waals surface area contributed by atoms with Crippen LogP contribution in [0.4, 0.5) is 0 Å². The highest BCUT2D eigenvalue weighted by molar-refractivity contribution is 5.96. The van der Waals surface area contributed by atoms with Crippen molar-refractivity contribution in [2.45, 2.75) is 12.5 Å². The van der Waals surface area contributed by atoms with Gasteiger partial charge in [0.2, 0.25) is 5.75 Å². The summed E-state index contributed by atoms with van der Waals surface area (Å²) in [5.74, 6) is 1.36. The van der Waals surface area contributed by atoms with Crippen LogP contribution >= 0.6 is 0 Å². The molecule has 1 atom stereocenters. The minimum Gasteiger partial charge on any atom is -0.493 e. The monoisotopic (exact) mass is 407 g/mol. The van der Waals surface area contributed by atoms with Crippen molar-refractivity contribution in [3.63, 3.8) is 0 Å². The number of methoxy groups -OCH3 is 3. The van der Waals surface area contributed by atoms with Gasteiger partial charge in [-0.2, -0.15) is 5.10 Å². The number of carbonyl (C=O) groups excluding carboxylic acids is 1. The van der Waals surface area contributed by atoms with Gasteiger partial charge in [-0.25, -0.2) is 0 Å². The van der Waals surface area contributed by atoms with E-state index in [9.17, 15) is 4.79 Å². The molecular weight excluding hydrogens is 382 g/mol. The highest BCUT2D eigenvalue weighted by atomic mass is 16.5. The quantitative estimate of drug-likeness (QED) is 0.650. The molecule has 4 rings (SSSR count). The second-order valence-electron chi connectivity index (χ2n) is 7.30. The molecule has 1 unspecified atom stereocenters. The van der Waals surface area contributed by atoms with E-state index in [1.165, 1.54) is 5.56 Å². The minimum absolute atomic E-state index is 0.0645. The maximum Gasteiger partial charge on any atom is 0.254 e. The van der Waals surface area contributed by atoms with Gasteiger partial charge in [-0.3, -0.25) is 9.48 Å². The van der Waals surface area contributed by atoms with Crippen LogP contribution in [0.1, 0.15) is 33.0 Å². The Hall–Kier alpha value is -3.48. The number of hydrogen-bond donors (Lipinski definition) is 0. The van der Waals surface area contributed by atoms with Crippen molar-refractivity contribution in [3.05, 3.63) is 71.0 Å². The van der Waals surface area contributed by atoms with E-state index in [1.807, 2.05) is 36.5 Å². The molecule has 1 aliphatic rings. The third-order valence-electron chi connectivity index (χ3n) is 5.52. The van der Waals surface area contributed by atoms with Gasteiger partial charge in [0.25, 0.3) is 5.91 Å². The van der Waals surface area contributed by atoms with Crippen molar-refractivity contribution in [1.82, 2.24) is 14.7 Å². The summed E-state index contributed by atoms with van der Waals surface area (Å²) in [6.45, 7) is 1.11. The molecule has 0 aliphatic carbocycles. The number of amides is 1. The Balaban J connectivity index is 1.72.